The fourth-order valence-corrected chi connectivity index (χ4v) is 4.77. The summed E-state index contributed by atoms with van der Waals surface area (Å²) in [6.45, 7) is 0.164. The molecule has 4 rings (SSSR count). The average molecular weight is 504 g/mol. The molecule has 12 heteroatoms. The highest BCUT2D eigenvalue weighted by Gasteiger charge is 2.33. The van der Waals surface area contributed by atoms with Crippen LogP contribution in [-0.4, -0.2) is 59.7 Å². The number of amides is 3. The van der Waals surface area contributed by atoms with Gasteiger partial charge in [0.05, 0.1) is 19.7 Å². The number of benzene rings is 1. The lowest BCUT2D eigenvalue weighted by atomic mass is 9.96. The maximum absolute atomic E-state index is 12.9. The van der Waals surface area contributed by atoms with Gasteiger partial charge in [0, 0.05) is 28.7 Å². The summed E-state index contributed by atoms with van der Waals surface area (Å²) in [6, 6.07) is 6.05. The van der Waals surface area contributed by atoms with Gasteiger partial charge in [-0.15, -0.1) is 11.3 Å². The summed E-state index contributed by atoms with van der Waals surface area (Å²) >= 11 is 6.90. The van der Waals surface area contributed by atoms with E-state index in [4.69, 9.17) is 16.3 Å². The number of thiazole rings is 1. The van der Waals surface area contributed by atoms with Gasteiger partial charge in [0.2, 0.25) is 17.6 Å². The lowest BCUT2D eigenvalue weighted by Crippen LogP contribution is -2.46. The van der Waals surface area contributed by atoms with E-state index in [9.17, 15) is 19.2 Å². The van der Waals surface area contributed by atoms with Crippen molar-refractivity contribution >= 4 is 57.3 Å². The van der Waals surface area contributed by atoms with Crippen LogP contribution in [-0.2, 0) is 9.59 Å². The highest BCUT2D eigenvalue weighted by atomic mass is 35.5. The molecule has 2 atom stereocenters. The predicted molar refractivity (Wildman–Crippen MR) is 126 cm³/mol. The van der Waals surface area contributed by atoms with Crippen molar-refractivity contribution in [3.63, 3.8) is 0 Å². The number of hydrogen-bond donors (Lipinski definition) is 4. The number of H-pyrrole nitrogens is 1. The standard InChI is InChI=1S/C22H22ClN5O5S/c1-33-16-4-2-3-13-12(16)8-15(26-13)21(32)25-9-18(29)27-14(7-11-5-6-24-20(11)31)19(30)22-28-17(23)10-34-22/h2-4,8,10-11,14,26H,5-7,9H2,1H3,(H,24,31)(H,25,32)(H,27,29)/t11-,14?/m0/s1. The highest BCUT2D eigenvalue weighted by Crippen LogP contribution is 2.26. The Morgan fingerprint density at radius 1 is 1.35 bits per heavy atom. The fourth-order valence-electron chi connectivity index (χ4n) is 3.83. The molecule has 3 aromatic rings. The van der Waals surface area contributed by atoms with Crippen LogP contribution < -0.4 is 20.7 Å². The van der Waals surface area contributed by atoms with Crippen LogP contribution in [0.25, 0.3) is 10.9 Å². The first kappa shape index (κ1) is 23.7. The zero-order valence-corrected chi connectivity index (χ0v) is 19.7. The van der Waals surface area contributed by atoms with E-state index in [2.05, 4.69) is 25.9 Å². The van der Waals surface area contributed by atoms with E-state index in [-0.39, 0.29) is 34.7 Å². The number of ether oxygens (including phenoxy) is 1. The Kier molecular flexibility index (Phi) is 7.13. The second kappa shape index (κ2) is 10.2. The Labute approximate surface area is 203 Å². The number of ketones is 1. The summed E-state index contributed by atoms with van der Waals surface area (Å²) in [4.78, 5) is 57.1. The first-order valence-electron chi connectivity index (χ1n) is 10.5. The van der Waals surface area contributed by atoms with Crippen molar-refractivity contribution in [1.82, 2.24) is 25.9 Å². The number of rotatable bonds is 9. The molecule has 178 valence electrons. The largest absolute Gasteiger partial charge is 0.496 e. The number of aromatic nitrogens is 2. The van der Waals surface area contributed by atoms with E-state index in [1.54, 1.807) is 25.3 Å². The van der Waals surface area contributed by atoms with Crippen LogP contribution in [0, 0.1) is 5.92 Å². The minimum Gasteiger partial charge on any atom is -0.496 e. The summed E-state index contributed by atoms with van der Waals surface area (Å²) < 4.78 is 5.30. The molecule has 0 saturated carbocycles. The molecule has 3 heterocycles. The van der Waals surface area contributed by atoms with Gasteiger partial charge in [0.25, 0.3) is 5.91 Å². The molecule has 0 radical (unpaired) electrons. The Bertz CT molecular complexity index is 1260. The second-order valence-corrected chi connectivity index (χ2v) is 9.00. The number of Topliss-reactive ketones (excluding diaryl/α,β-unsaturated/α-hetero) is 1. The van der Waals surface area contributed by atoms with E-state index in [0.717, 1.165) is 22.2 Å². The maximum atomic E-state index is 12.9. The van der Waals surface area contributed by atoms with Gasteiger partial charge in [-0.3, -0.25) is 19.2 Å². The van der Waals surface area contributed by atoms with Crippen LogP contribution in [0.1, 0.15) is 33.1 Å². The Hall–Kier alpha value is -3.44. The van der Waals surface area contributed by atoms with Gasteiger partial charge >= 0.3 is 0 Å². The topological polar surface area (TPSA) is 142 Å². The molecule has 34 heavy (non-hydrogen) atoms. The molecule has 2 aromatic heterocycles. The molecule has 1 unspecified atom stereocenters. The number of carbonyl (C=O) groups is 4. The Balaban J connectivity index is 1.41. The Morgan fingerprint density at radius 2 is 2.18 bits per heavy atom. The molecular formula is C22H22ClN5O5S. The third-order valence-corrected chi connectivity index (χ3v) is 6.70. The number of aromatic amines is 1. The molecule has 0 bridgehead atoms. The van der Waals surface area contributed by atoms with Crippen molar-refractivity contribution in [2.75, 3.05) is 20.2 Å². The van der Waals surface area contributed by atoms with E-state index in [1.165, 1.54) is 5.38 Å². The molecule has 1 aliphatic rings. The minimum atomic E-state index is -0.974. The van der Waals surface area contributed by atoms with Gasteiger partial charge in [-0.2, -0.15) is 0 Å². The van der Waals surface area contributed by atoms with Crippen LogP contribution in [0.4, 0.5) is 0 Å². The second-order valence-electron chi connectivity index (χ2n) is 7.76. The van der Waals surface area contributed by atoms with Gasteiger partial charge in [-0.25, -0.2) is 4.98 Å². The first-order valence-corrected chi connectivity index (χ1v) is 11.8. The van der Waals surface area contributed by atoms with Crippen LogP contribution in [0.5, 0.6) is 5.75 Å². The molecule has 4 N–H and O–H groups in total. The number of nitrogens with one attached hydrogen (secondary N) is 4. The van der Waals surface area contributed by atoms with Crippen molar-refractivity contribution in [3.8, 4) is 5.75 Å². The highest BCUT2D eigenvalue weighted by molar-refractivity contribution is 7.12. The molecule has 1 saturated heterocycles. The van der Waals surface area contributed by atoms with Crippen LogP contribution >= 0.6 is 22.9 Å². The van der Waals surface area contributed by atoms with E-state index < -0.39 is 29.6 Å². The normalized spacial score (nSPS) is 16.2. The van der Waals surface area contributed by atoms with Crippen LogP contribution in [0.2, 0.25) is 5.15 Å². The van der Waals surface area contributed by atoms with Crippen molar-refractivity contribution in [2.24, 2.45) is 5.92 Å². The molecular weight excluding hydrogens is 482 g/mol. The maximum Gasteiger partial charge on any atom is 0.268 e. The Morgan fingerprint density at radius 3 is 2.85 bits per heavy atom. The van der Waals surface area contributed by atoms with Gasteiger partial charge in [-0.1, -0.05) is 17.7 Å². The van der Waals surface area contributed by atoms with Crippen molar-refractivity contribution in [3.05, 3.63) is 45.5 Å². The van der Waals surface area contributed by atoms with E-state index in [0.29, 0.717) is 18.7 Å². The van der Waals surface area contributed by atoms with Crippen molar-refractivity contribution < 1.29 is 23.9 Å². The van der Waals surface area contributed by atoms with E-state index >= 15 is 0 Å². The van der Waals surface area contributed by atoms with Gasteiger partial charge in [0.1, 0.15) is 16.6 Å². The minimum absolute atomic E-state index is 0.128. The zero-order chi connectivity index (χ0) is 24.2. The molecule has 10 nitrogen and oxygen atoms in total. The van der Waals surface area contributed by atoms with Crippen molar-refractivity contribution in [2.45, 2.75) is 18.9 Å². The fraction of sp³-hybridized carbons (Fsp3) is 0.318. The third kappa shape index (κ3) is 5.20. The summed E-state index contributed by atoms with van der Waals surface area (Å²) in [5.41, 5.74) is 0.983. The van der Waals surface area contributed by atoms with E-state index in [1.807, 2.05) is 6.07 Å². The van der Waals surface area contributed by atoms with Gasteiger partial charge in [-0.05, 0) is 31.0 Å². The number of nitrogens with zero attached hydrogens (tertiary/aromatic N) is 1. The summed E-state index contributed by atoms with van der Waals surface area (Å²) in [5.74, 6) is -1.43. The number of carbonyl (C=O) groups excluding carboxylic acids is 4. The predicted octanol–water partition coefficient (Wildman–Crippen LogP) is 1.91. The van der Waals surface area contributed by atoms with Gasteiger partial charge < -0.3 is 25.7 Å². The van der Waals surface area contributed by atoms with Crippen molar-refractivity contribution in [1.29, 1.82) is 0 Å². The quantitative estimate of drug-likeness (QED) is 0.328. The SMILES string of the molecule is COc1cccc2[nH]c(C(=O)NCC(=O)NC(C[C@@H]3CCNC3=O)C(=O)c3nc(Cl)cs3)cc12. The number of methoxy groups -OCH3 is 1. The summed E-state index contributed by atoms with van der Waals surface area (Å²) in [5, 5.41) is 10.5. The average Bonchev–Trinajstić information content (AvgIpc) is 3.56. The molecule has 3 amide bonds. The van der Waals surface area contributed by atoms with Crippen LogP contribution in [0.3, 0.4) is 0 Å². The number of hydrogen-bond acceptors (Lipinski definition) is 7. The summed E-state index contributed by atoms with van der Waals surface area (Å²) in [6.07, 6.45) is 0.695. The monoisotopic (exact) mass is 503 g/mol. The lowest BCUT2D eigenvalue weighted by Gasteiger charge is -2.19. The summed E-state index contributed by atoms with van der Waals surface area (Å²) in [7, 11) is 1.54. The van der Waals surface area contributed by atoms with Gasteiger partial charge in [0.15, 0.2) is 5.01 Å². The number of halogens is 1. The lowest BCUT2D eigenvalue weighted by molar-refractivity contribution is -0.124. The molecule has 0 aliphatic carbocycles. The molecule has 0 spiro atoms. The van der Waals surface area contributed by atoms with Crippen LogP contribution in [0.15, 0.2) is 29.6 Å². The third-order valence-electron chi connectivity index (χ3n) is 5.52. The first-order chi connectivity index (χ1) is 16.4. The smallest absolute Gasteiger partial charge is 0.268 e. The molecule has 1 aromatic carbocycles. The zero-order valence-electron chi connectivity index (χ0n) is 18.1. The number of fused-ring (bicyclic) bond motifs is 1. The molecule has 1 aliphatic heterocycles. The molecule has 1 fully saturated rings.